The molecule has 0 radical (unpaired) electrons. The lowest BCUT2D eigenvalue weighted by molar-refractivity contribution is -0.116. The number of amides is 2. The van der Waals surface area contributed by atoms with Gasteiger partial charge in [0, 0.05) is 48.8 Å². The van der Waals surface area contributed by atoms with Gasteiger partial charge in [0.25, 0.3) is 5.91 Å². The highest BCUT2D eigenvalue weighted by molar-refractivity contribution is 6.03. The van der Waals surface area contributed by atoms with Crippen LogP contribution in [0.1, 0.15) is 58.6 Å². The molecule has 42 heavy (non-hydrogen) atoms. The number of hydrogen-bond donors (Lipinski definition) is 2. The van der Waals surface area contributed by atoms with Gasteiger partial charge < -0.3 is 24.8 Å². The van der Waals surface area contributed by atoms with Gasteiger partial charge in [-0.3, -0.25) is 14.6 Å². The molecule has 3 unspecified atom stereocenters. The minimum atomic E-state index is -0.540. The molecule has 214 valence electrons. The van der Waals surface area contributed by atoms with Crippen LogP contribution in [0.15, 0.2) is 70.8 Å². The molecular formula is C34H33N3O5. The number of fused-ring (bicyclic) bond motifs is 2. The first-order valence-corrected chi connectivity index (χ1v) is 14.6. The molecule has 3 aliphatic carbocycles. The van der Waals surface area contributed by atoms with E-state index in [1.807, 2.05) is 6.07 Å². The lowest BCUT2D eigenvalue weighted by atomic mass is 9.71. The number of aliphatic hydroxyl groups excluding tert-OH is 1. The van der Waals surface area contributed by atoms with Crippen LogP contribution >= 0.6 is 0 Å². The molecule has 0 bridgehead atoms. The maximum Gasteiger partial charge on any atom is 0.256 e. The van der Waals surface area contributed by atoms with Crippen molar-refractivity contribution in [3.05, 3.63) is 88.0 Å². The van der Waals surface area contributed by atoms with Crippen molar-refractivity contribution in [1.29, 1.82) is 0 Å². The molecule has 7 rings (SSSR count). The number of anilines is 1. The van der Waals surface area contributed by atoms with E-state index in [0.717, 1.165) is 17.7 Å². The third-order valence-corrected chi connectivity index (χ3v) is 8.72. The zero-order chi connectivity index (χ0) is 28.8. The number of benzene rings is 2. The molecule has 2 aromatic rings. The number of hydrogen-bond acceptors (Lipinski definition) is 6. The Labute approximate surface area is 244 Å². The van der Waals surface area contributed by atoms with Crippen LogP contribution in [0.2, 0.25) is 0 Å². The fourth-order valence-electron chi connectivity index (χ4n) is 6.64. The summed E-state index contributed by atoms with van der Waals surface area (Å²) in [5, 5.41) is 13.1. The summed E-state index contributed by atoms with van der Waals surface area (Å²) in [6, 6.07) is 7.34. The van der Waals surface area contributed by atoms with Crippen molar-refractivity contribution in [2.75, 3.05) is 25.6 Å². The monoisotopic (exact) mass is 563 g/mol. The lowest BCUT2D eigenvalue weighted by Gasteiger charge is -2.34. The Hall–Kier alpha value is -4.43. The van der Waals surface area contributed by atoms with E-state index in [1.165, 1.54) is 29.4 Å². The molecule has 2 amide bonds. The first-order chi connectivity index (χ1) is 20.5. The quantitative estimate of drug-likeness (QED) is 0.427. The van der Waals surface area contributed by atoms with Gasteiger partial charge in [0.05, 0.1) is 37.1 Å². The lowest BCUT2D eigenvalue weighted by Crippen LogP contribution is -2.35. The third-order valence-electron chi connectivity index (χ3n) is 8.72. The zero-order valence-corrected chi connectivity index (χ0v) is 23.5. The molecule has 2 aromatic carbocycles. The van der Waals surface area contributed by atoms with E-state index in [0.29, 0.717) is 61.6 Å². The SMILES string of the molecule is COc1cc2c(cc1OCCCCC(=O)Nc1ccc3c4c1C=CC1=CC=CC(=CC3)C14)N=CC1CC(O)CN1C2=O. The molecular weight excluding hydrogens is 530 g/mol. The summed E-state index contributed by atoms with van der Waals surface area (Å²) >= 11 is 0. The topological polar surface area (TPSA) is 100 Å². The fourth-order valence-corrected chi connectivity index (χ4v) is 6.64. The fraction of sp³-hybridized carbons (Fsp3) is 0.324. The molecule has 2 N–H and O–H groups in total. The van der Waals surface area contributed by atoms with Gasteiger partial charge >= 0.3 is 0 Å². The van der Waals surface area contributed by atoms with E-state index in [4.69, 9.17) is 9.47 Å². The van der Waals surface area contributed by atoms with E-state index in [9.17, 15) is 14.7 Å². The second kappa shape index (κ2) is 10.8. The molecule has 8 nitrogen and oxygen atoms in total. The smallest absolute Gasteiger partial charge is 0.256 e. The number of carbonyl (C=O) groups excluding carboxylic acids is 2. The Morgan fingerprint density at radius 2 is 2.05 bits per heavy atom. The number of aliphatic hydroxyl groups is 1. The molecule has 1 saturated heterocycles. The molecule has 0 aromatic heterocycles. The normalized spacial score (nSPS) is 22.5. The predicted molar refractivity (Wildman–Crippen MR) is 162 cm³/mol. The summed E-state index contributed by atoms with van der Waals surface area (Å²) in [6.45, 7) is 0.690. The first kappa shape index (κ1) is 26.5. The highest BCUT2D eigenvalue weighted by Gasteiger charge is 2.37. The number of allylic oxidation sites excluding steroid dienone is 7. The summed E-state index contributed by atoms with van der Waals surface area (Å²) in [6.07, 6.45) is 17.4. The number of aliphatic imine (C=N–C) groups is 1. The largest absolute Gasteiger partial charge is 0.493 e. The van der Waals surface area contributed by atoms with Crippen molar-refractivity contribution < 1.29 is 24.2 Å². The molecule has 2 aliphatic heterocycles. The number of nitrogens with zero attached hydrogens (tertiary/aromatic N) is 2. The number of methoxy groups -OCH3 is 1. The second-order valence-electron chi connectivity index (χ2n) is 11.4. The molecule has 0 saturated carbocycles. The van der Waals surface area contributed by atoms with Gasteiger partial charge in [0.2, 0.25) is 5.91 Å². The Kier molecular flexibility index (Phi) is 6.78. The Morgan fingerprint density at radius 3 is 2.93 bits per heavy atom. The summed E-state index contributed by atoms with van der Waals surface area (Å²) in [7, 11) is 1.54. The Morgan fingerprint density at radius 1 is 1.14 bits per heavy atom. The average molecular weight is 564 g/mol. The molecule has 2 heterocycles. The highest BCUT2D eigenvalue weighted by atomic mass is 16.5. The summed E-state index contributed by atoms with van der Waals surface area (Å²) < 4.78 is 11.5. The van der Waals surface area contributed by atoms with E-state index in [1.54, 1.807) is 23.2 Å². The first-order valence-electron chi connectivity index (χ1n) is 14.6. The van der Waals surface area contributed by atoms with Crippen molar-refractivity contribution in [3.63, 3.8) is 0 Å². The highest BCUT2D eigenvalue weighted by Crippen LogP contribution is 2.47. The second-order valence-corrected chi connectivity index (χ2v) is 11.4. The van der Waals surface area contributed by atoms with Crippen LogP contribution in [-0.4, -0.2) is 60.4 Å². The number of nitrogens with one attached hydrogen (secondary N) is 1. The van der Waals surface area contributed by atoms with Crippen molar-refractivity contribution in [1.82, 2.24) is 4.90 Å². The van der Waals surface area contributed by atoms with Gasteiger partial charge in [-0.05, 0) is 53.7 Å². The maximum atomic E-state index is 13.1. The Balaban J connectivity index is 0.959. The van der Waals surface area contributed by atoms with Gasteiger partial charge in [-0.1, -0.05) is 42.5 Å². The molecule has 8 heteroatoms. The third kappa shape index (κ3) is 4.65. The average Bonchev–Trinajstić information content (AvgIpc) is 3.33. The van der Waals surface area contributed by atoms with Gasteiger partial charge in [0.15, 0.2) is 11.5 Å². The van der Waals surface area contributed by atoms with Crippen LogP contribution in [0, 0.1) is 0 Å². The number of ether oxygens (including phenoxy) is 2. The van der Waals surface area contributed by atoms with Gasteiger partial charge in [-0.15, -0.1) is 0 Å². The molecule has 3 atom stereocenters. The predicted octanol–water partition coefficient (Wildman–Crippen LogP) is 5.26. The van der Waals surface area contributed by atoms with Gasteiger partial charge in [-0.2, -0.15) is 0 Å². The number of rotatable bonds is 8. The Bertz CT molecular complexity index is 1630. The van der Waals surface area contributed by atoms with Crippen molar-refractivity contribution in [3.8, 4) is 11.5 Å². The van der Waals surface area contributed by atoms with E-state index in [-0.39, 0.29) is 23.8 Å². The zero-order valence-electron chi connectivity index (χ0n) is 23.5. The van der Waals surface area contributed by atoms with Crippen LogP contribution in [-0.2, 0) is 11.2 Å². The van der Waals surface area contributed by atoms with Gasteiger partial charge in [-0.25, -0.2) is 0 Å². The minimum absolute atomic E-state index is 0.0165. The van der Waals surface area contributed by atoms with Gasteiger partial charge in [0.1, 0.15) is 0 Å². The molecule has 5 aliphatic rings. The van der Waals surface area contributed by atoms with Crippen LogP contribution in [0.25, 0.3) is 6.08 Å². The molecule has 1 fully saturated rings. The van der Waals surface area contributed by atoms with Crippen LogP contribution < -0.4 is 14.8 Å². The minimum Gasteiger partial charge on any atom is -0.493 e. The van der Waals surface area contributed by atoms with Crippen LogP contribution in [0.4, 0.5) is 11.4 Å². The van der Waals surface area contributed by atoms with Crippen molar-refractivity contribution in [2.45, 2.75) is 50.2 Å². The molecule has 0 spiro atoms. The number of carbonyl (C=O) groups is 2. The number of unbranched alkanes of at least 4 members (excludes halogenated alkanes) is 1. The van der Waals surface area contributed by atoms with E-state index < -0.39 is 6.10 Å². The van der Waals surface area contributed by atoms with Crippen LogP contribution in [0.5, 0.6) is 11.5 Å². The van der Waals surface area contributed by atoms with E-state index in [2.05, 4.69) is 52.8 Å². The van der Waals surface area contributed by atoms with Crippen molar-refractivity contribution >= 4 is 35.5 Å². The summed E-state index contributed by atoms with van der Waals surface area (Å²) in [5.74, 6) is 1.02. The maximum absolute atomic E-state index is 13.1. The summed E-state index contributed by atoms with van der Waals surface area (Å²) in [4.78, 5) is 32.2. The van der Waals surface area contributed by atoms with E-state index >= 15 is 0 Å². The van der Waals surface area contributed by atoms with Crippen molar-refractivity contribution in [2.24, 2.45) is 4.99 Å². The standard InChI is InChI=1S/C34H33N3O5/c1-41-29-16-26-28(35-18-23-15-24(38)19-37(23)34(26)40)17-30(29)42-14-3-2-7-31(39)36-27-13-11-22-9-8-20-5-4-6-21-10-12-25(27)33(22)32(20)21/h4-6,8,10-13,16-18,23-24,32,38H,2-3,7,9,14-15,19H2,1H3,(H,36,39). The van der Waals surface area contributed by atoms with Crippen LogP contribution in [0.3, 0.4) is 0 Å². The summed E-state index contributed by atoms with van der Waals surface area (Å²) in [5.41, 5.74) is 8.19.